The van der Waals surface area contributed by atoms with Crippen molar-refractivity contribution < 1.29 is 31.5 Å². The van der Waals surface area contributed by atoms with E-state index in [1.807, 2.05) is 0 Å². The molecule has 0 fully saturated rings. The van der Waals surface area contributed by atoms with Gasteiger partial charge in [-0.15, -0.1) is 0 Å². The highest BCUT2D eigenvalue weighted by atomic mass is 32.2. The number of carboxylic acid groups (broad SMARTS) is 1. The van der Waals surface area contributed by atoms with E-state index in [1.54, 1.807) is 44.2 Å². The molecule has 0 amide bonds. The Hall–Kier alpha value is -2.39. The summed E-state index contributed by atoms with van der Waals surface area (Å²) in [6.07, 6.45) is -4.72. The van der Waals surface area contributed by atoms with Crippen LogP contribution in [-0.2, 0) is 27.5 Å². The van der Waals surface area contributed by atoms with Gasteiger partial charge in [-0.1, -0.05) is 50.2 Å². The largest absolute Gasteiger partial charge is 0.480 e. The molecule has 152 valence electrons. The van der Waals surface area contributed by atoms with Crippen LogP contribution in [0.3, 0.4) is 0 Å². The van der Waals surface area contributed by atoms with Crippen molar-refractivity contribution in [1.82, 2.24) is 4.31 Å². The predicted molar refractivity (Wildman–Crippen MR) is 96.9 cm³/mol. The van der Waals surface area contributed by atoms with Crippen molar-refractivity contribution in [2.45, 2.75) is 37.5 Å². The van der Waals surface area contributed by atoms with E-state index in [2.05, 4.69) is 0 Å². The molecule has 1 atom stereocenters. The molecule has 2 aromatic rings. The Labute approximate surface area is 161 Å². The van der Waals surface area contributed by atoms with Crippen LogP contribution >= 0.6 is 0 Å². The molecular weight excluding hydrogens is 395 g/mol. The second-order valence-corrected chi connectivity index (χ2v) is 8.48. The Kier molecular flexibility index (Phi) is 6.51. The first kappa shape index (κ1) is 21.9. The average Bonchev–Trinajstić information content (AvgIpc) is 2.61. The Balaban J connectivity index is 2.59. The maximum atomic E-state index is 13.2. The second-order valence-electron chi connectivity index (χ2n) is 6.59. The van der Waals surface area contributed by atoms with Crippen LogP contribution in [0.25, 0.3) is 0 Å². The van der Waals surface area contributed by atoms with E-state index in [0.717, 1.165) is 22.5 Å². The number of carbonyl (C=O) groups is 1. The van der Waals surface area contributed by atoms with Gasteiger partial charge in [-0.05, 0) is 29.7 Å². The Morgan fingerprint density at radius 3 is 2.18 bits per heavy atom. The van der Waals surface area contributed by atoms with Crippen molar-refractivity contribution in [3.8, 4) is 0 Å². The molecule has 0 bridgehead atoms. The fraction of sp³-hybridized carbons (Fsp3) is 0.316. The molecule has 0 heterocycles. The molecular formula is C19H20F3NO4S. The minimum Gasteiger partial charge on any atom is -0.480 e. The smallest absolute Gasteiger partial charge is 0.416 e. The Morgan fingerprint density at radius 1 is 1.07 bits per heavy atom. The molecule has 0 aliphatic carbocycles. The quantitative estimate of drug-likeness (QED) is 0.742. The molecule has 0 spiro atoms. The van der Waals surface area contributed by atoms with Gasteiger partial charge in [0.1, 0.15) is 6.04 Å². The Morgan fingerprint density at radius 2 is 1.68 bits per heavy atom. The number of hydrogen-bond acceptors (Lipinski definition) is 3. The summed E-state index contributed by atoms with van der Waals surface area (Å²) < 4.78 is 66.1. The first-order chi connectivity index (χ1) is 12.9. The van der Waals surface area contributed by atoms with E-state index in [1.165, 1.54) is 0 Å². The lowest BCUT2D eigenvalue weighted by Crippen LogP contribution is -2.47. The number of benzene rings is 2. The van der Waals surface area contributed by atoms with Crippen molar-refractivity contribution in [1.29, 1.82) is 0 Å². The Bertz CT molecular complexity index is 928. The molecule has 0 aliphatic rings. The van der Waals surface area contributed by atoms with Gasteiger partial charge in [-0.3, -0.25) is 4.79 Å². The topological polar surface area (TPSA) is 74.7 Å². The van der Waals surface area contributed by atoms with Gasteiger partial charge in [0, 0.05) is 6.54 Å². The number of halogens is 3. The monoisotopic (exact) mass is 415 g/mol. The molecule has 1 N–H and O–H groups in total. The summed E-state index contributed by atoms with van der Waals surface area (Å²) in [6.45, 7) is 2.80. The summed E-state index contributed by atoms with van der Waals surface area (Å²) in [5, 5.41) is 9.60. The maximum absolute atomic E-state index is 13.2. The fourth-order valence-corrected chi connectivity index (χ4v) is 4.55. The van der Waals surface area contributed by atoms with Gasteiger partial charge in [-0.25, -0.2) is 8.42 Å². The highest BCUT2D eigenvalue weighted by Crippen LogP contribution is 2.32. The number of alkyl halides is 3. The molecule has 0 aromatic heterocycles. The van der Waals surface area contributed by atoms with E-state index in [9.17, 15) is 31.5 Å². The zero-order valence-electron chi connectivity index (χ0n) is 15.2. The van der Waals surface area contributed by atoms with Crippen LogP contribution in [-0.4, -0.2) is 29.8 Å². The van der Waals surface area contributed by atoms with Gasteiger partial charge >= 0.3 is 12.1 Å². The molecule has 0 saturated heterocycles. The highest BCUT2D eigenvalue weighted by Gasteiger charge is 2.39. The molecule has 28 heavy (non-hydrogen) atoms. The molecule has 5 nitrogen and oxygen atoms in total. The van der Waals surface area contributed by atoms with Crippen LogP contribution in [0.5, 0.6) is 0 Å². The third-order valence-corrected chi connectivity index (χ3v) is 5.97. The second kappa shape index (κ2) is 8.32. The first-order valence-electron chi connectivity index (χ1n) is 8.40. The van der Waals surface area contributed by atoms with Crippen LogP contribution in [0.1, 0.15) is 25.0 Å². The molecule has 0 saturated carbocycles. The third-order valence-electron chi connectivity index (χ3n) is 4.14. The zero-order chi connectivity index (χ0) is 21.1. The maximum Gasteiger partial charge on any atom is 0.416 e. The van der Waals surface area contributed by atoms with Crippen molar-refractivity contribution in [2.75, 3.05) is 0 Å². The third kappa shape index (κ3) is 4.90. The lowest BCUT2D eigenvalue weighted by atomic mass is 10.0. The van der Waals surface area contributed by atoms with Crippen LogP contribution < -0.4 is 0 Å². The SMILES string of the molecule is CC(C)C(C(=O)O)N(Cc1ccccc1)S(=O)(=O)c1cccc(C(F)(F)F)c1. The van der Waals surface area contributed by atoms with Crippen molar-refractivity contribution in [3.05, 3.63) is 65.7 Å². The summed E-state index contributed by atoms with van der Waals surface area (Å²) in [4.78, 5) is 11.2. The summed E-state index contributed by atoms with van der Waals surface area (Å²) in [6, 6.07) is 10.1. The summed E-state index contributed by atoms with van der Waals surface area (Å²) in [5.74, 6) is -1.98. The first-order valence-corrected chi connectivity index (χ1v) is 9.84. The summed E-state index contributed by atoms with van der Waals surface area (Å²) >= 11 is 0. The van der Waals surface area contributed by atoms with Crippen LogP contribution in [0, 0.1) is 5.92 Å². The van der Waals surface area contributed by atoms with E-state index in [0.29, 0.717) is 11.6 Å². The van der Waals surface area contributed by atoms with Crippen molar-refractivity contribution in [3.63, 3.8) is 0 Å². The minimum atomic E-state index is -4.72. The number of carboxylic acids is 1. The molecule has 0 radical (unpaired) electrons. The average molecular weight is 415 g/mol. The molecule has 0 aliphatic heterocycles. The van der Waals surface area contributed by atoms with Crippen molar-refractivity contribution >= 4 is 16.0 Å². The molecule has 2 rings (SSSR count). The zero-order valence-corrected chi connectivity index (χ0v) is 16.0. The van der Waals surface area contributed by atoms with Gasteiger partial charge in [0.25, 0.3) is 0 Å². The molecule has 9 heteroatoms. The highest BCUT2D eigenvalue weighted by molar-refractivity contribution is 7.89. The van der Waals surface area contributed by atoms with Crippen LogP contribution in [0.15, 0.2) is 59.5 Å². The summed E-state index contributed by atoms with van der Waals surface area (Å²) in [5.41, 5.74) is -0.602. The lowest BCUT2D eigenvalue weighted by molar-refractivity contribution is -0.143. The van der Waals surface area contributed by atoms with Gasteiger partial charge in [-0.2, -0.15) is 17.5 Å². The number of rotatable bonds is 7. The van der Waals surface area contributed by atoms with Gasteiger partial charge in [0.15, 0.2) is 0 Å². The van der Waals surface area contributed by atoms with Crippen molar-refractivity contribution in [2.24, 2.45) is 5.92 Å². The van der Waals surface area contributed by atoms with Gasteiger partial charge in [0.05, 0.1) is 10.5 Å². The molecule has 1 unspecified atom stereocenters. The van der Waals surface area contributed by atoms with E-state index in [-0.39, 0.29) is 6.54 Å². The fourth-order valence-electron chi connectivity index (χ4n) is 2.81. The number of sulfonamides is 1. The molecule has 2 aromatic carbocycles. The minimum absolute atomic E-state index is 0.283. The number of hydrogen-bond donors (Lipinski definition) is 1. The van der Waals surface area contributed by atoms with E-state index < -0.39 is 44.6 Å². The van der Waals surface area contributed by atoms with Crippen LogP contribution in [0.2, 0.25) is 0 Å². The number of nitrogens with zero attached hydrogens (tertiary/aromatic N) is 1. The van der Waals surface area contributed by atoms with Gasteiger partial charge in [0.2, 0.25) is 10.0 Å². The van der Waals surface area contributed by atoms with Crippen LogP contribution in [0.4, 0.5) is 13.2 Å². The lowest BCUT2D eigenvalue weighted by Gasteiger charge is -2.30. The normalized spacial score (nSPS) is 13.7. The van der Waals surface area contributed by atoms with E-state index in [4.69, 9.17) is 0 Å². The van der Waals surface area contributed by atoms with E-state index >= 15 is 0 Å². The van der Waals surface area contributed by atoms with Gasteiger partial charge < -0.3 is 5.11 Å². The number of aliphatic carboxylic acids is 1. The summed E-state index contributed by atoms with van der Waals surface area (Å²) in [7, 11) is -4.52. The standard InChI is InChI=1S/C19H20F3NO4S/c1-13(2)17(18(24)25)23(12-14-7-4-3-5-8-14)28(26,27)16-10-6-9-15(11-16)19(20,21)22/h3-11,13,17H,12H2,1-2H3,(H,24,25). The predicted octanol–water partition coefficient (Wildman–Crippen LogP) is 4.01.